The summed E-state index contributed by atoms with van der Waals surface area (Å²) in [6.07, 6.45) is 0. The van der Waals surface area contributed by atoms with Crippen molar-refractivity contribution in [2.75, 3.05) is 11.1 Å². The molecule has 0 amide bonds. The fourth-order valence-corrected chi connectivity index (χ4v) is 2.88. The molecule has 3 aromatic rings. The van der Waals surface area contributed by atoms with E-state index in [0.717, 1.165) is 38.3 Å². The van der Waals surface area contributed by atoms with Crippen molar-refractivity contribution in [2.24, 2.45) is 0 Å². The molecule has 0 aliphatic carbocycles. The summed E-state index contributed by atoms with van der Waals surface area (Å²) < 4.78 is 0. The molecule has 0 atom stereocenters. The molecule has 1 heterocycles. The van der Waals surface area contributed by atoms with Gasteiger partial charge in [0.15, 0.2) is 5.13 Å². The van der Waals surface area contributed by atoms with Crippen molar-refractivity contribution in [3.8, 4) is 11.3 Å². The second-order valence-corrected chi connectivity index (χ2v) is 5.96. The molecule has 0 aliphatic rings. The van der Waals surface area contributed by atoms with E-state index in [1.807, 2.05) is 54.8 Å². The number of nitrogens with one attached hydrogen (secondary N) is 1. The molecule has 0 bridgehead atoms. The molecule has 3 nitrogen and oxygen atoms in total. The Balaban J connectivity index is 1.85. The van der Waals surface area contributed by atoms with Crippen molar-refractivity contribution >= 4 is 39.4 Å². The third-order valence-corrected chi connectivity index (χ3v) is 4.39. The molecule has 0 unspecified atom stereocenters. The maximum atomic E-state index is 6.13. The second kappa shape index (κ2) is 5.76. The Morgan fingerprint density at radius 2 is 1.90 bits per heavy atom. The van der Waals surface area contributed by atoms with Gasteiger partial charge in [0.05, 0.1) is 5.69 Å². The molecular weight excluding hydrogens is 302 g/mol. The lowest BCUT2D eigenvalue weighted by atomic mass is 10.1. The van der Waals surface area contributed by atoms with Gasteiger partial charge in [0, 0.05) is 27.3 Å². The van der Waals surface area contributed by atoms with Crippen molar-refractivity contribution in [2.45, 2.75) is 6.92 Å². The van der Waals surface area contributed by atoms with Crippen LogP contribution in [-0.4, -0.2) is 4.98 Å². The second-order valence-electron chi connectivity index (χ2n) is 4.70. The highest BCUT2D eigenvalue weighted by molar-refractivity contribution is 7.14. The molecule has 0 aliphatic heterocycles. The van der Waals surface area contributed by atoms with Gasteiger partial charge in [-0.3, -0.25) is 0 Å². The number of thiazole rings is 1. The van der Waals surface area contributed by atoms with Crippen LogP contribution in [0.5, 0.6) is 0 Å². The number of aromatic nitrogens is 1. The first kappa shape index (κ1) is 13.9. The molecule has 3 rings (SSSR count). The topological polar surface area (TPSA) is 50.9 Å². The number of rotatable bonds is 3. The molecule has 0 saturated heterocycles. The fraction of sp³-hybridized carbons (Fsp3) is 0.0625. The van der Waals surface area contributed by atoms with E-state index in [0.29, 0.717) is 0 Å². The Morgan fingerprint density at radius 1 is 1.14 bits per heavy atom. The molecule has 0 fully saturated rings. The molecule has 2 aromatic carbocycles. The van der Waals surface area contributed by atoms with Crippen LogP contribution in [0.15, 0.2) is 47.8 Å². The zero-order valence-electron chi connectivity index (χ0n) is 11.4. The highest BCUT2D eigenvalue weighted by atomic mass is 35.5. The molecule has 0 spiro atoms. The lowest BCUT2D eigenvalue weighted by Crippen LogP contribution is -1.93. The van der Waals surface area contributed by atoms with E-state index >= 15 is 0 Å². The van der Waals surface area contributed by atoms with E-state index in [-0.39, 0.29) is 0 Å². The maximum absolute atomic E-state index is 6.13. The molecule has 3 N–H and O–H groups in total. The Labute approximate surface area is 132 Å². The number of anilines is 3. The minimum absolute atomic E-state index is 0.746. The molecule has 5 heteroatoms. The van der Waals surface area contributed by atoms with Crippen LogP contribution < -0.4 is 11.1 Å². The van der Waals surface area contributed by atoms with Gasteiger partial charge >= 0.3 is 0 Å². The summed E-state index contributed by atoms with van der Waals surface area (Å²) in [6, 6.07) is 13.5. The van der Waals surface area contributed by atoms with Crippen LogP contribution in [-0.2, 0) is 0 Å². The minimum Gasteiger partial charge on any atom is -0.399 e. The van der Waals surface area contributed by atoms with Crippen LogP contribution in [0.4, 0.5) is 16.5 Å². The van der Waals surface area contributed by atoms with E-state index in [2.05, 4.69) is 10.3 Å². The van der Waals surface area contributed by atoms with Gasteiger partial charge in [0.2, 0.25) is 0 Å². The average Bonchev–Trinajstić information content (AvgIpc) is 2.93. The highest BCUT2D eigenvalue weighted by Crippen LogP contribution is 2.30. The summed E-state index contributed by atoms with van der Waals surface area (Å²) in [7, 11) is 0. The highest BCUT2D eigenvalue weighted by Gasteiger charge is 2.07. The smallest absolute Gasteiger partial charge is 0.187 e. The van der Waals surface area contributed by atoms with Crippen LogP contribution in [0.2, 0.25) is 5.02 Å². The summed E-state index contributed by atoms with van der Waals surface area (Å²) in [5, 5.41) is 6.92. The predicted molar refractivity (Wildman–Crippen MR) is 91.4 cm³/mol. The first-order valence-corrected chi connectivity index (χ1v) is 7.73. The Morgan fingerprint density at radius 3 is 2.67 bits per heavy atom. The summed E-state index contributed by atoms with van der Waals surface area (Å²) in [6.45, 7) is 1.99. The van der Waals surface area contributed by atoms with E-state index in [9.17, 15) is 0 Å². The predicted octanol–water partition coefficient (Wildman–Crippen LogP) is 5.10. The summed E-state index contributed by atoms with van der Waals surface area (Å²) in [5.41, 5.74) is 10.4. The standard InChI is InChI=1S/C16H14ClN3S/c1-10-13(17)3-2-4-14(10)19-16-20-15(9-21-16)11-5-7-12(18)8-6-11/h2-9H,18H2,1H3,(H,19,20). The first-order chi connectivity index (χ1) is 10.1. The van der Waals surface area contributed by atoms with Crippen molar-refractivity contribution in [1.82, 2.24) is 4.98 Å². The Kier molecular flexibility index (Phi) is 3.82. The SMILES string of the molecule is Cc1c(Cl)cccc1Nc1nc(-c2ccc(N)cc2)cs1. The van der Waals surface area contributed by atoms with Crippen LogP contribution in [0.1, 0.15) is 5.56 Å². The van der Waals surface area contributed by atoms with Crippen LogP contribution in [0.3, 0.4) is 0 Å². The van der Waals surface area contributed by atoms with Gasteiger partial charge in [-0.15, -0.1) is 11.3 Å². The van der Waals surface area contributed by atoms with Gasteiger partial charge in [-0.1, -0.05) is 29.8 Å². The van der Waals surface area contributed by atoms with E-state index in [4.69, 9.17) is 17.3 Å². The van der Waals surface area contributed by atoms with E-state index in [1.54, 1.807) is 11.3 Å². The number of nitrogens with two attached hydrogens (primary N) is 1. The molecule has 1 aromatic heterocycles. The van der Waals surface area contributed by atoms with Crippen LogP contribution in [0.25, 0.3) is 11.3 Å². The number of halogens is 1. The quantitative estimate of drug-likeness (QED) is 0.661. The van der Waals surface area contributed by atoms with Gasteiger partial charge < -0.3 is 11.1 Å². The number of hydrogen-bond donors (Lipinski definition) is 2. The Hall–Kier alpha value is -2.04. The van der Waals surface area contributed by atoms with Crippen LogP contribution >= 0.6 is 22.9 Å². The van der Waals surface area contributed by atoms with Crippen molar-refractivity contribution in [1.29, 1.82) is 0 Å². The zero-order valence-corrected chi connectivity index (χ0v) is 13.0. The average molecular weight is 316 g/mol. The minimum atomic E-state index is 0.746. The maximum Gasteiger partial charge on any atom is 0.187 e. The monoisotopic (exact) mass is 315 g/mol. The van der Waals surface area contributed by atoms with Crippen LogP contribution in [0, 0.1) is 6.92 Å². The summed E-state index contributed by atoms with van der Waals surface area (Å²) in [4.78, 5) is 4.60. The van der Waals surface area contributed by atoms with Gasteiger partial charge in [-0.2, -0.15) is 0 Å². The first-order valence-electron chi connectivity index (χ1n) is 6.47. The largest absolute Gasteiger partial charge is 0.399 e. The van der Waals surface area contributed by atoms with Gasteiger partial charge in [0.1, 0.15) is 0 Å². The van der Waals surface area contributed by atoms with E-state index < -0.39 is 0 Å². The molecule has 0 saturated carbocycles. The van der Waals surface area contributed by atoms with Crippen molar-refractivity contribution in [3.63, 3.8) is 0 Å². The fourth-order valence-electron chi connectivity index (χ4n) is 1.98. The molecule has 106 valence electrons. The third-order valence-electron chi connectivity index (χ3n) is 3.22. The third kappa shape index (κ3) is 3.01. The number of nitrogen functional groups attached to an aromatic ring is 1. The lowest BCUT2D eigenvalue weighted by Gasteiger charge is -2.07. The summed E-state index contributed by atoms with van der Waals surface area (Å²) >= 11 is 7.69. The lowest BCUT2D eigenvalue weighted by molar-refractivity contribution is 1.36. The molecular formula is C16H14ClN3S. The number of nitrogens with zero attached hydrogens (tertiary/aromatic N) is 1. The summed E-state index contributed by atoms with van der Waals surface area (Å²) in [5.74, 6) is 0. The molecule has 21 heavy (non-hydrogen) atoms. The normalized spacial score (nSPS) is 10.6. The van der Waals surface area contributed by atoms with Gasteiger partial charge in [-0.25, -0.2) is 4.98 Å². The van der Waals surface area contributed by atoms with Gasteiger partial charge in [0.25, 0.3) is 0 Å². The number of hydrogen-bond acceptors (Lipinski definition) is 4. The number of benzene rings is 2. The van der Waals surface area contributed by atoms with Crippen molar-refractivity contribution in [3.05, 3.63) is 58.4 Å². The zero-order chi connectivity index (χ0) is 14.8. The Bertz CT molecular complexity index is 765. The van der Waals surface area contributed by atoms with E-state index in [1.165, 1.54) is 0 Å². The van der Waals surface area contributed by atoms with Gasteiger partial charge in [-0.05, 0) is 36.8 Å². The molecule has 0 radical (unpaired) electrons. The van der Waals surface area contributed by atoms with Crippen molar-refractivity contribution < 1.29 is 0 Å².